The second-order valence-corrected chi connectivity index (χ2v) is 8.49. The fourth-order valence-corrected chi connectivity index (χ4v) is 3.29. The first kappa shape index (κ1) is 28.4. The van der Waals surface area contributed by atoms with Gasteiger partial charge in [-0.05, 0) is 68.2 Å². The van der Waals surface area contributed by atoms with E-state index in [9.17, 15) is 9.18 Å². The topological polar surface area (TPSA) is 88.0 Å². The van der Waals surface area contributed by atoms with Crippen molar-refractivity contribution in [3.05, 3.63) is 83.6 Å². The van der Waals surface area contributed by atoms with E-state index >= 15 is 0 Å². The number of carbonyl (C=O) groups excluding carboxylic acids is 1. The molecular weight excluding hydrogens is 455 g/mol. The van der Waals surface area contributed by atoms with E-state index in [-0.39, 0.29) is 5.82 Å². The average Bonchev–Trinajstić information content (AvgIpc) is 2.86. The summed E-state index contributed by atoms with van der Waals surface area (Å²) in [4.78, 5) is 18.7. The zero-order chi connectivity index (χ0) is 26.3. The third-order valence-corrected chi connectivity index (χ3v) is 5.33. The molecule has 0 amide bonds. The summed E-state index contributed by atoms with van der Waals surface area (Å²) in [6.45, 7) is 8.27. The second-order valence-electron chi connectivity index (χ2n) is 8.49. The molecule has 0 saturated carbocycles. The number of nitrogens with zero attached hydrogens (tertiary/aromatic N) is 2. The number of hydrogen-bond acceptors (Lipinski definition) is 6. The van der Waals surface area contributed by atoms with Crippen molar-refractivity contribution in [2.75, 3.05) is 11.9 Å². The Hall–Kier alpha value is -3.87. The van der Waals surface area contributed by atoms with Gasteiger partial charge in [0, 0.05) is 29.6 Å². The van der Waals surface area contributed by atoms with Crippen molar-refractivity contribution in [1.29, 1.82) is 5.41 Å². The summed E-state index contributed by atoms with van der Waals surface area (Å²) in [7, 11) is 0. The van der Waals surface area contributed by atoms with Crippen molar-refractivity contribution >= 4 is 17.7 Å². The van der Waals surface area contributed by atoms with Gasteiger partial charge in [0.15, 0.2) is 11.6 Å². The molecule has 0 unspecified atom stereocenters. The van der Waals surface area contributed by atoms with Gasteiger partial charge in [0.05, 0.1) is 19.0 Å². The van der Waals surface area contributed by atoms with Gasteiger partial charge in [0.1, 0.15) is 12.1 Å². The molecule has 0 aliphatic carbocycles. The number of carbonyl (C=O) groups is 1. The minimum absolute atomic E-state index is 0.244. The molecule has 3 aromatic rings. The lowest BCUT2D eigenvalue weighted by molar-refractivity contribution is -0.104. The molecule has 0 bridgehead atoms. The number of aromatic nitrogens is 2. The SMILES string of the molecule is CCCCCOc1cnc(-c2cccc(CC(C)=N)c2)nc1.Cc1cc(N/C=C\C=O)cc(F)c1C. The molecule has 0 aliphatic heterocycles. The van der Waals surface area contributed by atoms with Crippen molar-refractivity contribution in [2.45, 2.75) is 53.4 Å². The third-order valence-electron chi connectivity index (χ3n) is 5.33. The average molecular weight is 491 g/mol. The largest absolute Gasteiger partial charge is 0.490 e. The normalized spacial score (nSPS) is 10.5. The van der Waals surface area contributed by atoms with Gasteiger partial charge < -0.3 is 15.5 Å². The highest BCUT2D eigenvalue weighted by atomic mass is 19.1. The molecule has 7 heteroatoms. The molecule has 1 heterocycles. The van der Waals surface area contributed by atoms with Gasteiger partial charge in [-0.25, -0.2) is 14.4 Å². The summed E-state index contributed by atoms with van der Waals surface area (Å²) in [5, 5.41) is 10.4. The van der Waals surface area contributed by atoms with Gasteiger partial charge in [0.25, 0.3) is 0 Å². The minimum Gasteiger partial charge on any atom is -0.490 e. The molecule has 3 rings (SSSR count). The monoisotopic (exact) mass is 490 g/mol. The van der Waals surface area contributed by atoms with Crippen LogP contribution in [0, 0.1) is 25.1 Å². The maximum Gasteiger partial charge on any atom is 0.159 e. The van der Waals surface area contributed by atoms with Crippen molar-refractivity contribution in [3.8, 4) is 17.1 Å². The van der Waals surface area contributed by atoms with Gasteiger partial charge in [-0.15, -0.1) is 0 Å². The maximum atomic E-state index is 13.2. The first-order chi connectivity index (χ1) is 17.3. The van der Waals surface area contributed by atoms with Crippen LogP contribution in [0.1, 0.15) is 49.8 Å². The molecule has 0 radical (unpaired) electrons. The molecule has 6 nitrogen and oxygen atoms in total. The summed E-state index contributed by atoms with van der Waals surface area (Å²) in [5.41, 5.74) is 4.89. The van der Waals surface area contributed by atoms with Gasteiger partial charge in [-0.2, -0.15) is 0 Å². The van der Waals surface area contributed by atoms with E-state index < -0.39 is 0 Å². The van der Waals surface area contributed by atoms with Gasteiger partial charge in [-0.1, -0.05) is 38.0 Å². The molecule has 0 fully saturated rings. The highest BCUT2D eigenvalue weighted by Crippen LogP contribution is 2.19. The number of anilines is 1. The Bertz CT molecular complexity index is 1140. The fraction of sp³-hybridized carbons (Fsp3) is 0.310. The Morgan fingerprint density at radius 3 is 2.53 bits per heavy atom. The zero-order valence-corrected chi connectivity index (χ0v) is 21.5. The van der Waals surface area contributed by atoms with E-state index in [0.29, 0.717) is 47.9 Å². The molecule has 0 saturated heterocycles. The van der Waals surface area contributed by atoms with E-state index in [2.05, 4.69) is 22.2 Å². The van der Waals surface area contributed by atoms with Gasteiger partial charge >= 0.3 is 0 Å². The van der Waals surface area contributed by atoms with Crippen LogP contribution in [0.5, 0.6) is 5.75 Å². The Kier molecular flexibility index (Phi) is 12.0. The summed E-state index contributed by atoms with van der Waals surface area (Å²) in [5.74, 6) is 1.16. The van der Waals surface area contributed by atoms with E-state index in [1.807, 2.05) is 44.2 Å². The quantitative estimate of drug-likeness (QED) is 0.133. The standard InChI is InChI=1S/C18H23N3O.C11H12FNO/c1-3-4-5-9-22-17-12-20-18(21-13-17)16-8-6-7-15(11-16)10-14(2)19;1-8-6-10(13-4-3-5-14)7-11(12)9(8)2/h6-8,11-13,19H,3-5,9-10H2,1-2H3;3-7,13H,1-2H3/b;4-3-. The number of ether oxygens (including phenoxy) is 1. The van der Waals surface area contributed by atoms with Crippen molar-refractivity contribution in [2.24, 2.45) is 0 Å². The number of benzene rings is 2. The summed E-state index contributed by atoms with van der Waals surface area (Å²) >= 11 is 0. The number of aryl methyl sites for hydroxylation is 1. The molecule has 2 N–H and O–H groups in total. The van der Waals surface area contributed by atoms with Crippen LogP contribution in [0.4, 0.5) is 10.1 Å². The van der Waals surface area contributed by atoms with Crippen molar-refractivity contribution in [1.82, 2.24) is 9.97 Å². The van der Waals surface area contributed by atoms with E-state index in [1.165, 1.54) is 31.2 Å². The Morgan fingerprint density at radius 2 is 1.89 bits per heavy atom. The number of nitrogens with one attached hydrogen (secondary N) is 2. The van der Waals surface area contributed by atoms with E-state index in [0.717, 1.165) is 23.1 Å². The lowest BCUT2D eigenvalue weighted by Gasteiger charge is -2.07. The molecule has 0 aliphatic rings. The minimum atomic E-state index is -0.244. The molecule has 0 atom stereocenters. The number of hydrogen-bond donors (Lipinski definition) is 2. The first-order valence-corrected chi connectivity index (χ1v) is 12.1. The van der Waals surface area contributed by atoms with Crippen LogP contribution in [0.3, 0.4) is 0 Å². The Labute approximate surface area is 213 Å². The molecular formula is C29H35FN4O2. The predicted octanol–water partition coefficient (Wildman–Crippen LogP) is 6.86. The Morgan fingerprint density at radius 1 is 1.14 bits per heavy atom. The predicted molar refractivity (Wildman–Crippen MR) is 144 cm³/mol. The maximum absolute atomic E-state index is 13.2. The van der Waals surface area contributed by atoms with Crippen LogP contribution in [0.25, 0.3) is 11.4 Å². The van der Waals surface area contributed by atoms with Crippen LogP contribution in [0.2, 0.25) is 0 Å². The van der Waals surface area contributed by atoms with Crippen LogP contribution in [-0.4, -0.2) is 28.6 Å². The highest BCUT2D eigenvalue weighted by molar-refractivity contribution is 5.81. The van der Waals surface area contributed by atoms with E-state index in [1.54, 1.807) is 19.3 Å². The molecule has 2 aromatic carbocycles. The summed E-state index contributed by atoms with van der Waals surface area (Å²) in [6, 6.07) is 11.2. The number of aldehydes is 1. The molecule has 0 spiro atoms. The van der Waals surface area contributed by atoms with Crippen molar-refractivity contribution < 1.29 is 13.9 Å². The number of allylic oxidation sites excluding steroid dienone is 1. The molecule has 36 heavy (non-hydrogen) atoms. The fourth-order valence-electron chi connectivity index (χ4n) is 3.29. The van der Waals surface area contributed by atoms with E-state index in [4.69, 9.17) is 10.1 Å². The Balaban J connectivity index is 0.000000281. The van der Waals surface area contributed by atoms with Gasteiger partial charge in [-0.3, -0.25) is 4.79 Å². The van der Waals surface area contributed by atoms with Crippen molar-refractivity contribution in [3.63, 3.8) is 0 Å². The lowest BCUT2D eigenvalue weighted by atomic mass is 10.1. The third kappa shape index (κ3) is 9.78. The zero-order valence-electron chi connectivity index (χ0n) is 21.5. The molecule has 1 aromatic heterocycles. The number of unbranched alkanes of at least 4 members (excludes halogenated alkanes) is 2. The number of halogens is 1. The van der Waals surface area contributed by atoms with Crippen LogP contribution in [0.15, 0.2) is 61.1 Å². The summed E-state index contributed by atoms with van der Waals surface area (Å²) < 4.78 is 18.8. The van der Waals surface area contributed by atoms with Crippen LogP contribution >= 0.6 is 0 Å². The van der Waals surface area contributed by atoms with Crippen LogP contribution in [-0.2, 0) is 11.2 Å². The molecule has 190 valence electrons. The van der Waals surface area contributed by atoms with Gasteiger partial charge in [0.2, 0.25) is 0 Å². The smallest absolute Gasteiger partial charge is 0.159 e. The number of rotatable bonds is 11. The second kappa shape index (κ2) is 15.2. The highest BCUT2D eigenvalue weighted by Gasteiger charge is 2.04. The lowest BCUT2D eigenvalue weighted by Crippen LogP contribution is -1.99. The van der Waals surface area contributed by atoms with Crippen LogP contribution < -0.4 is 10.1 Å². The summed E-state index contributed by atoms with van der Waals surface area (Å²) in [6.07, 6.45) is 11.0. The first-order valence-electron chi connectivity index (χ1n) is 12.1.